The monoisotopic (exact) mass is 354 g/mol. The van der Waals surface area contributed by atoms with Crippen molar-refractivity contribution in [2.24, 2.45) is 22.7 Å². The van der Waals surface area contributed by atoms with Gasteiger partial charge >= 0.3 is 0 Å². The van der Waals surface area contributed by atoms with Crippen molar-refractivity contribution in [3.05, 3.63) is 0 Å². The fourth-order valence-electron chi connectivity index (χ4n) is 5.16. The minimum Gasteiger partial charge on any atom is -0.447 e. The molecule has 3 aliphatic rings. The largest absolute Gasteiger partial charge is 0.447 e. The van der Waals surface area contributed by atoms with E-state index in [-0.39, 0.29) is 5.90 Å². The van der Waals surface area contributed by atoms with Crippen LogP contribution in [-0.2, 0) is 9.47 Å². The fourth-order valence-corrected chi connectivity index (χ4v) is 5.16. The maximum absolute atomic E-state index is 10.2. The molecule has 0 amide bonds. The van der Waals surface area contributed by atoms with Crippen molar-refractivity contribution >= 4 is 5.90 Å². The molecule has 6 nitrogen and oxygen atoms in total. The predicted molar refractivity (Wildman–Crippen MR) is 93.4 cm³/mol. The summed E-state index contributed by atoms with van der Waals surface area (Å²) in [6.07, 6.45) is 5.94. The van der Waals surface area contributed by atoms with Gasteiger partial charge in [-0.05, 0) is 25.2 Å². The van der Waals surface area contributed by atoms with Gasteiger partial charge in [0.05, 0.1) is 30.2 Å². The molecule has 6 heteroatoms. The van der Waals surface area contributed by atoms with Crippen LogP contribution in [-0.4, -0.2) is 17.8 Å². The topological polar surface area (TPSA) is 114 Å². The highest BCUT2D eigenvalue weighted by atomic mass is 16.7. The number of ether oxygens (including phenoxy) is 2. The van der Waals surface area contributed by atoms with E-state index < -0.39 is 28.6 Å². The van der Waals surface area contributed by atoms with E-state index in [0.29, 0.717) is 25.2 Å². The molecule has 0 aromatic heterocycles. The molecule has 0 radical (unpaired) electrons. The molecular formula is C20H26N4O2. The van der Waals surface area contributed by atoms with Gasteiger partial charge < -0.3 is 9.47 Å². The third-order valence-corrected chi connectivity index (χ3v) is 6.61. The first-order valence-corrected chi connectivity index (χ1v) is 9.66. The van der Waals surface area contributed by atoms with Crippen LogP contribution in [0.5, 0.6) is 0 Å². The van der Waals surface area contributed by atoms with Gasteiger partial charge in [-0.15, -0.1) is 0 Å². The van der Waals surface area contributed by atoms with Crippen molar-refractivity contribution < 1.29 is 9.47 Å². The van der Waals surface area contributed by atoms with Crippen LogP contribution in [0.2, 0.25) is 0 Å². The van der Waals surface area contributed by atoms with Crippen LogP contribution in [0.25, 0.3) is 0 Å². The lowest BCUT2D eigenvalue weighted by atomic mass is 9.51. The second-order valence-corrected chi connectivity index (χ2v) is 8.08. The Kier molecular flexibility index (Phi) is 4.72. The van der Waals surface area contributed by atoms with Crippen molar-refractivity contribution in [1.82, 2.24) is 0 Å². The van der Waals surface area contributed by atoms with E-state index in [1.165, 1.54) is 0 Å². The molecule has 5 unspecified atom stereocenters. The van der Waals surface area contributed by atoms with Crippen LogP contribution in [0.3, 0.4) is 0 Å². The van der Waals surface area contributed by atoms with Gasteiger partial charge in [-0.1, -0.05) is 39.5 Å². The molecule has 0 spiro atoms. The van der Waals surface area contributed by atoms with Crippen molar-refractivity contribution in [1.29, 1.82) is 21.2 Å². The molecule has 0 aromatic rings. The molecule has 2 aliphatic heterocycles. The molecule has 5 atom stereocenters. The third-order valence-electron chi connectivity index (χ3n) is 6.61. The van der Waals surface area contributed by atoms with Crippen LogP contribution in [0.1, 0.15) is 65.2 Å². The van der Waals surface area contributed by atoms with Gasteiger partial charge in [-0.2, -0.15) is 15.8 Å². The van der Waals surface area contributed by atoms with E-state index in [1.54, 1.807) is 0 Å². The Morgan fingerprint density at radius 2 is 1.88 bits per heavy atom. The number of unbranched alkanes of at least 4 members (excludes halogenated alkanes) is 3. The first-order chi connectivity index (χ1) is 12.5. The zero-order chi connectivity index (χ0) is 19.0. The highest BCUT2D eigenvalue weighted by molar-refractivity contribution is 5.89. The maximum atomic E-state index is 10.2. The smallest absolute Gasteiger partial charge is 0.217 e. The summed E-state index contributed by atoms with van der Waals surface area (Å²) in [5.41, 5.74) is -3.24. The second kappa shape index (κ2) is 6.57. The normalized spacial score (nSPS) is 39.8. The first-order valence-electron chi connectivity index (χ1n) is 9.66. The number of rotatable bonds is 5. The Balaban J connectivity index is 2.06. The molecular weight excluding hydrogens is 328 g/mol. The molecule has 26 heavy (non-hydrogen) atoms. The van der Waals surface area contributed by atoms with E-state index in [0.717, 1.165) is 32.1 Å². The average molecular weight is 354 g/mol. The summed E-state index contributed by atoms with van der Waals surface area (Å²) in [5.74, 6) is -1.37. The molecule has 1 saturated carbocycles. The summed E-state index contributed by atoms with van der Waals surface area (Å²) >= 11 is 0. The summed E-state index contributed by atoms with van der Waals surface area (Å²) in [7, 11) is 0. The number of nitrogens with one attached hydrogen (secondary N) is 1. The van der Waals surface area contributed by atoms with Gasteiger partial charge in [0, 0.05) is 6.42 Å². The summed E-state index contributed by atoms with van der Waals surface area (Å²) in [5, 5.41) is 38.7. The molecule has 0 aromatic carbocycles. The van der Waals surface area contributed by atoms with Crippen molar-refractivity contribution in [3.63, 3.8) is 0 Å². The summed E-state index contributed by atoms with van der Waals surface area (Å²) in [6.45, 7) is 4.22. The lowest BCUT2D eigenvalue weighted by Crippen LogP contribution is -2.63. The highest BCUT2D eigenvalue weighted by Crippen LogP contribution is 2.67. The summed E-state index contributed by atoms with van der Waals surface area (Å²) < 4.78 is 12.2. The van der Waals surface area contributed by atoms with E-state index >= 15 is 0 Å². The van der Waals surface area contributed by atoms with E-state index in [9.17, 15) is 15.8 Å². The van der Waals surface area contributed by atoms with Crippen LogP contribution >= 0.6 is 0 Å². The van der Waals surface area contributed by atoms with Gasteiger partial charge in [0.2, 0.25) is 11.7 Å². The molecule has 3 rings (SSSR count). The zero-order valence-corrected chi connectivity index (χ0v) is 15.5. The lowest BCUT2D eigenvalue weighted by molar-refractivity contribution is -0.296. The van der Waals surface area contributed by atoms with Crippen molar-refractivity contribution in [3.8, 4) is 18.2 Å². The molecule has 3 fully saturated rings. The zero-order valence-electron chi connectivity index (χ0n) is 15.5. The molecule has 1 N–H and O–H groups in total. The van der Waals surface area contributed by atoms with Crippen LogP contribution < -0.4 is 0 Å². The summed E-state index contributed by atoms with van der Waals surface area (Å²) in [6, 6.07) is 6.47. The van der Waals surface area contributed by atoms with Crippen LogP contribution in [0.15, 0.2) is 0 Å². The second-order valence-electron chi connectivity index (χ2n) is 8.08. The Morgan fingerprint density at radius 1 is 1.15 bits per heavy atom. The van der Waals surface area contributed by atoms with E-state index in [4.69, 9.17) is 14.9 Å². The van der Waals surface area contributed by atoms with Gasteiger partial charge in [0.25, 0.3) is 0 Å². The van der Waals surface area contributed by atoms with Gasteiger partial charge in [-0.25, -0.2) is 0 Å². The van der Waals surface area contributed by atoms with Crippen molar-refractivity contribution in [2.45, 2.75) is 77.1 Å². The molecule has 1 aliphatic carbocycles. The van der Waals surface area contributed by atoms with Crippen LogP contribution in [0, 0.1) is 62.1 Å². The average Bonchev–Trinajstić information content (AvgIpc) is 2.84. The Labute approximate surface area is 155 Å². The van der Waals surface area contributed by atoms with Gasteiger partial charge in [0.1, 0.15) is 0 Å². The molecule has 2 heterocycles. The lowest BCUT2D eigenvalue weighted by Gasteiger charge is -2.52. The highest BCUT2D eigenvalue weighted by Gasteiger charge is 2.80. The Bertz CT molecular complexity index is 701. The number of nitriles is 3. The van der Waals surface area contributed by atoms with Gasteiger partial charge in [0.15, 0.2) is 10.8 Å². The first kappa shape index (κ1) is 18.7. The van der Waals surface area contributed by atoms with Gasteiger partial charge in [-0.3, -0.25) is 5.41 Å². The standard InChI is InChI=1S/C20H26N4O2/c1-3-4-5-6-7-16-18(11-21,12-22)19(13-23)15-10-14(2)8-9-20(15,25-16)26-17(19)24/h14-16,24H,3-10H2,1-2H3. The molecule has 138 valence electrons. The molecule has 2 bridgehead atoms. The number of nitrogens with zero attached hydrogens (tertiary/aromatic N) is 3. The maximum Gasteiger partial charge on any atom is 0.217 e. The Morgan fingerprint density at radius 3 is 2.50 bits per heavy atom. The summed E-state index contributed by atoms with van der Waals surface area (Å²) in [4.78, 5) is 0. The van der Waals surface area contributed by atoms with Crippen molar-refractivity contribution in [2.75, 3.05) is 0 Å². The van der Waals surface area contributed by atoms with E-state index in [2.05, 4.69) is 32.1 Å². The number of hydrogen-bond donors (Lipinski definition) is 1. The van der Waals surface area contributed by atoms with Crippen LogP contribution in [0.4, 0.5) is 0 Å². The SMILES string of the molecule is CCCCCCC1OC23CCC(C)CC2C(C#N)(C(=N)O3)C1(C#N)C#N. The molecule has 2 saturated heterocycles. The number of hydrogen-bond acceptors (Lipinski definition) is 6. The minimum absolute atomic E-state index is 0.252. The Hall–Kier alpha value is -2.10. The third kappa shape index (κ3) is 2.20. The van der Waals surface area contributed by atoms with E-state index in [1.807, 2.05) is 0 Å². The fraction of sp³-hybridized carbons (Fsp3) is 0.800. The minimum atomic E-state index is -1.70. The quantitative estimate of drug-likeness (QED) is 0.748. The predicted octanol–water partition coefficient (Wildman–Crippen LogP) is 4.04.